The molecular formula is C19H14F5N3O. The Hall–Kier alpha value is -3.23. The van der Waals surface area contributed by atoms with E-state index in [2.05, 4.69) is 10.4 Å². The van der Waals surface area contributed by atoms with Crippen LogP contribution in [0.1, 0.15) is 21.6 Å². The molecule has 28 heavy (non-hydrogen) atoms. The number of rotatable bonds is 3. The van der Waals surface area contributed by atoms with Gasteiger partial charge in [0.2, 0.25) is 0 Å². The number of halogens is 5. The fraction of sp³-hybridized carbons (Fsp3) is 0.158. The molecule has 3 rings (SSSR count). The van der Waals surface area contributed by atoms with Crippen LogP contribution in [-0.4, -0.2) is 15.7 Å². The number of amides is 1. The monoisotopic (exact) mass is 395 g/mol. The summed E-state index contributed by atoms with van der Waals surface area (Å²) in [5.74, 6) is -2.59. The van der Waals surface area contributed by atoms with Crippen molar-refractivity contribution < 1.29 is 26.7 Å². The van der Waals surface area contributed by atoms with E-state index in [0.717, 1.165) is 23.0 Å². The van der Waals surface area contributed by atoms with Gasteiger partial charge < -0.3 is 5.32 Å². The Morgan fingerprint density at radius 3 is 2.32 bits per heavy atom. The Morgan fingerprint density at radius 2 is 1.71 bits per heavy atom. The van der Waals surface area contributed by atoms with E-state index in [1.807, 2.05) is 0 Å². The van der Waals surface area contributed by atoms with Crippen LogP contribution in [0.4, 0.5) is 27.6 Å². The number of carbonyl (C=O) groups excluding carboxylic acids is 1. The Kier molecular flexibility index (Phi) is 4.93. The summed E-state index contributed by atoms with van der Waals surface area (Å²) in [4.78, 5) is 12.5. The predicted octanol–water partition coefficient (Wildman–Crippen LogP) is 4.94. The highest BCUT2D eigenvalue weighted by atomic mass is 19.4. The first-order chi connectivity index (χ1) is 13.1. The quantitative estimate of drug-likeness (QED) is 0.639. The van der Waals surface area contributed by atoms with Gasteiger partial charge in [0.25, 0.3) is 5.91 Å². The first kappa shape index (κ1) is 19.5. The van der Waals surface area contributed by atoms with Crippen molar-refractivity contribution >= 4 is 11.6 Å². The van der Waals surface area contributed by atoms with E-state index >= 15 is 0 Å². The van der Waals surface area contributed by atoms with Crippen LogP contribution in [0.25, 0.3) is 11.1 Å². The molecule has 0 saturated heterocycles. The Balaban J connectivity index is 2.01. The number of benzene rings is 2. The first-order valence-corrected chi connectivity index (χ1v) is 8.05. The van der Waals surface area contributed by atoms with Crippen LogP contribution in [0.15, 0.2) is 42.6 Å². The number of aromatic nitrogens is 2. The van der Waals surface area contributed by atoms with Gasteiger partial charge in [-0.25, -0.2) is 8.78 Å². The maximum Gasteiger partial charge on any atom is 0.435 e. The lowest BCUT2D eigenvalue weighted by Crippen LogP contribution is -2.18. The Labute approximate surface area is 156 Å². The average Bonchev–Trinajstić information content (AvgIpc) is 3.02. The minimum absolute atomic E-state index is 0.104. The third kappa shape index (κ3) is 3.73. The zero-order chi connectivity index (χ0) is 20.6. The van der Waals surface area contributed by atoms with Crippen LogP contribution in [0, 0.1) is 18.6 Å². The van der Waals surface area contributed by atoms with E-state index in [-0.39, 0.29) is 22.4 Å². The van der Waals surface area contributed by atoms with E-state index in [0.29, 0.717) is 0 Å². The number of anilines is 1. The second-order valence-corrected chi connectivity index (χ2v) is 6.13. The summed E-state index contributed by atoms with van der Waals surface area (Å²) in [5, 5.41) is 5.66. The van der Waals surface area contributed by atoms with Crippen LogP contribution >= 0.6 is 0 Å². The van der Waals surface area contributed by atoms with Gasteiger partial charge in [0.05, 0.1) is 5.56 Å². The fourth-order valence-electron chi connectivity index (χ4n) is 2.70. The second-order valence-electron chi connectivity index (χ2n) is 6.13. The molecule has 1 N–H and O–H groups in total. The number of aryl methyl sites for hydroxylation is 1. The van der Waals surface area contributed by atoms with Gasteiger partial charge in [0.15, 0.2) is 5.69 Å². The van der Waals surface area contributed by atoms with Gasteiger partial charge in [0, 0.05) is 30.1 Å². The van der Waals surface area contributed by atoms with E-state index in [4.69, 9.17) is 0 Å². The van der Waals surface area contributed by atoms with Crippen LogP contribution in [0.5, 0.6) is 0 Å². The molecule has 0 bridgehead atoms. The van der Waals surface area contributed by atoms with Gasteiger partial charge in [-0.05, 0) is 30.7 Å². The molecule has 0 aliphatic carbocycles. The maximum atomic E-state index is 13.9. The predicted molar refractivity (Wildman–Crippen MR) is 92.7 cm³/mol. The lowest BCUT2D eigenvalue weighted by atomic mass is 10.0. The van der Waals surface area contributed by atoms with Gasteiger partial charge in [-0.15, -0.1) is 0 Å². The molecule has 3 aromatic rings. The molecule has 9 heteroatoms. The summed E-state index contributed by atoms with van der Waals surface area (Å²) < 4.78 is 68.0. The third-order valence-corrected chi connectivity index (χ3v) is 4.11. The molecule has 0 aliphatic heterocycles. The van der Waals surface area contributed by atoms with Crippen LogP contribution < -0.4 is 5.32 Å². The normalized spacial score (nSPS) is 11.5. The van der Waals surface area contributed by atoms with E-state index in [1.54, 1.807) is 6.07 Å². The summed E-state index contributed by atoms with van der Waals surface area (Å²) in [6.07, 6.45) is -3.86. The summed E-state index contributed by atoms with van der Waals surface area (Å²) in [6.45, 7) is 1.28. The SMILES string of the molecule is Cc1c(F)cc(-c2ccccc2NC(=O)c2cn(C)nc2C(F)(F)F)cc1F. The number of carbonyl (C=O) groups is 1. The zero-order valence-electron chi connectivity index (χ0n) is 14.7. The number of hydrogen-bond donors (Lipinski definition) is 1. The molecule has 146 valence electrons. The van der Waals surface area contributed by atoms with Crippen LogP contribution in [-0.2, 0) is 13.2 Å². The van der Waals surface area contributed by atoms with Gasteiger partial charge in [0.1, 0.15) is 11.6 Å². The number of hydrogen-bond acceptors (Lipinski definition) is 2. The Bertz CT molecular complexity index is 1030. The van der Waals surface area contributed by atoms with Crippen molar-refractivity contribution in [2.24, 2.45) is 7.05 Å². The molecule has 0 fully saturated rings. The molecule has 0 unspecified atom stereocenters. The number of nitrogens with one attached hydrogen (secondary N) is 1. The van der Waals surface area contributed by atoms with Crippen molar-refractivity contribution in [3.05, 3.63) is 71.1 Å². The molecule has 1 amide bonds. The summed E-state index contributed by atoms with van der Waals surface area (Å²) >= 11 is 0. The van der Waals surface area contributed by atoms with Crippen molar-refractivity contribution in [3.63, 3.8) is 0 Å². The Morgan fingerprint density at radius 1 is 1.11 bits per heavy atom. The lowest BCUT2D eigenvalue weighted by Gasteiger charge is -2.13. The summed E-state index contributed by atoms with van der Waals surface area (Å²) in [5.41, 5.74) is -1.64. The fourth-order valence-corrected chi connectivity index (χ4v) is 2.70. The molecule has 0 radical (unpaired) electrons. The average molecular weight is 395 g/mol. The van der Waals surface area contributed by atoms with E-state index in [9.17, 15) is 26.7 Å². The highest BCUT2D eigenvalue weighted by Gasteiger charge is 2.39. The summed E-state index contributed by atoms with van der Waals surface area (Å²) in [6, 6.07) is 8.21. The van der Waals surface area contributed by atoms with E-state index in [1.165, 1.54) is 32.2 Å². The van der Waals surface area contributed by atoms with Gasteiger partial charge in [-0.3, -0.25) is 9.48 Å². The third-order valence-electron chi connectivity index (χ3n) is 4.11. The van der Waals surface area contributed by atoms with Crippen molar-refractivity contribution in [2.45, 2.75) is 13.1 Å². The highest BCUT2D eigenvalue weighted by Crippen LogP contribution is 2.33. The molecule has 1 heterocycles. The molecule has 4 nitrogen and oxygen atoms in total. The van der Waals surface area contributed by atoms with Crippen LogP contribution in [0.3, 0.4) is 0 Å². The molecular weight excluding hydrogens is 381 g/mol. The lowest BCUT2D eigenvalue weighted by molar-refractivity contribution is -0.141. The standard InChI is InChI=1S/C19H14F5N3O/c1-10-14(20)7-11(8-15(10)21)12-5-3-4-6-16(12)25-18(28)13-9-27(2)26-17(13)19(22,23)24/h3-9H,1-2H3,(H,25,28). The van der Waals surface area contributed by atoms with E-state index < -0.39 is 35.0 Å². The maximum absolute atomic E-state index is 13.9. The second kappa shape index (κ2) is 7.06. The van der Waals surface area contributed by atoms with Gasteiger partial charge >= 0.3 is 6.18 Å². The number of para-hydroxylation sites is 1. The molecule has 0 aliphatic rings. The van der Waals surface area contributed by atoms with Crippen molar-refractivity contribution in [1.82, 2.24) is 9.78 Å². The topological polar surface area (TPSA) is 46.9 Å². The van der Waals surface area contributed by atoms with Crippen molar-refractivity contribution in [2.75, 3.05) is 5.32 Å². The van der Waals surface area contributed by atoms with Gasteiger partial charge in [-0.2, -0.15) is 18.3 Å². The highest BCUT2D eigenvalue weighted by molar-refractivity contribution is 6.07. The minimum atomic E-state index is -4.81. The summed E-state index contributed by atoms with van der Waals surface area (Å²) in [7, 11) is 1.26. The zero-order valence-corrected chi connectivity index (χ0v) is 14.7. The minimum Gasteiger partial charge on any atom is -0.321 e. The smallest absolute Gasteiger partial charge is 0.321 e. The van der Waals surface area contributed by atoms with Gasteiger partial charge in [-0.1, -0.05) is 18.2 Å². The van der Waals surface area contributed by atoms with Crippen molar-refractivity contribution in [3.8, 4) is 11.1 Å². The molecule has 2 aromatic carbocycles. The van der Waals surface area contributed by atoms with Crippen LogP contribution in [0.2, 0.25) is 0 Å². The molecule has 0 saturated carbocycles. The first-order valence-electron chi connectivity index (χ1n) is 8.05. The van der Waals surface area contributed by atoms with Crippen molar-refractivity contribution in [1.29, 1.82) is 0 Å². The molecule has 0 spiro atoms. The number of alkyl halides is 3. The number of nitrogens with zero attached hydrogens (tertiary/aromatic N) is 2. The molecule has 0 atom stereocenters. The largest absolute Gasteiger partial charge is 0.435 e. The molecule has 1 aromatic heterocycles.